The SMILES string of the molecule is CC(=O)c1ccc(C(=O)Nc2cccc(S(=O)(=O)N3CCCC3)c2)s1. The van der Waals surface area contributed by atoms with Crippen LogP contribution in [0.4, 0.5) is 5.69 Å². The summed E-state index contributed by atoms with van der Waals surface area (Å²) < 4.78 is 26.7. The van der Waals surface area contributed by atoms with Crippen LogP contribution in [0.5, 0.6) is 0 Å². The van der Waals surface area contributed by atoms with Crippen molar-refractivity contribution in [2.75, 3.05) is 18.4 Å². The van der Waals surface area contributed by atoms with Crippen LogP contribution in [-0.2, 0) is 10.0 Å². The third-order valence-electron chi connectivity index (χ3n) is 3.97. The number of anilines is 1. The molecule has 1 aliphatic heterocycles. The molecule has 1 aromatic heterocycles. The second kappa shape index (κ2) is 7.07. The molecule has 1 aliphatic rings. The lowest BCUT2D eigenvalue weighted by atomic mass is 10.3. The summed E-state index contributed by atoms with van der Waals surface area (Å²) in [4.78, 5) is 24.7. The van der Waals surface area contributed by atoms with E-state index in [9.17, 15) is 18.0 Å². The molecule has 3 rings (SSSR count). The highest BCUT2D eigenvalue weighted by Crippen LogP contribution is 2.24. The summed E-state index contributed by atoms with van der Waals surface area (Å²) in [5.74, 6) is -0.462. The summed E-state index contributed by atoms with van der Waals surface area (Å²) in [7, 11) is -3.53. The molecule has 0 aliphatic carbocycles. The molecule has 0 atom stereocenters. The van der Waals surface area contributed by atoms with Crippen LogP contribution in [0.1, 0.15) is 39.1 Å². The van der Waals surface area contributed by atoms with Gasteiger partial charge in [0.25, 0.3) is 5.91 Å². The Balaban J connectivity index is 1.79. The van der Waals surface area contributed by atoms with Gasteiger partial charge in [0.2, 0.25) is 10.0 Å². The number of amides is 1. The van der Waals surface area contributed by atoms with Crippen LogP contribution in [0.3, 0.4) is 0 Å². The first-order valence-corrected chi connectivity index (χ1v) is 10.2. The fraction of sp³-hybridized carbons (Fsp3) is 0.294. The topological polar surface area (TPSA) is 83.5 Å². The predicted molar refractivity (Wildman–Crippen MR) is 96.7 cm³/mol. The number of carbonyl (C=O) groups is 2. The minimum absolute atomic E-state index is 0.0947. The van der Waals surface area contributed by atoms with E-state index in [0.29, 0.717) is 28.5 Å². The van der Waals surface area contributed by atoms with Crippen molar-refractivity contribution in [1.82, 2.24) is 4.31 Å². The Hall–Kier alpha value is -2.03. The molecule has 0 unspecified atom stereocenters. The summed E-state index contributed by atoms with van der Waals surface area (Å²) in [5.41, 5.74) is 0.406. The average molecular weight is 378 g/mol. The van der Waals surface area contributed by atoms with Crippen LogP contribution in [-0.4, -0.2) is 37.5 Å². The van der Waals surface area contributed by atoms with Gasteiger partial charge in [-0.2, -0.15) is 4.31 Å². The molecule has 2 aromatic rings. The monoisotopic (exact) mass is 378 g/mol. The average Bonchev–Trinajstić information content (AvgIpc) is 3.27. The molecule has 8 heteroatoms. The van der Waals surface area contributed by atoms with Gasteiger partial charge in [-0.25, -0.2) is 8.42 Å². The highest BCUT2D eigenvalue weighted by molar-refractivity contribution is 7.89. The molecule has 0 bridgehead atoms. The van der Waals surface area contributed by atoms with E-state index in [1.54, 1.807) is 24.3 Å². The number of sulfonamides is 1. The molecule has 1 aromatic carbocycles. The van der Waals surface area contributed by atoms with E-state index in [4.69, 9.17) is 0 Å². The first-order valence-electron chi connectivity index (χ1n) is 7.90. The van der Waals surface area contributed by atoms with Gasteiger partial charge in [0.05, 0.1) is 14.6 Å². The second-order valence-corrected chi connectivity index (χ2v) is 8.83. The Morgan fingerprint density at radius 1 is 1.08 bits per heavy atom. The van der Waals surface area contributed by atoms with E-state index in [1.165, 1.54) is 23.4 Å². The fourth-order valence-corrected chi connectivity index (χ4v) is 5.01. The van der Waals surface area contributed by atoms with Crippen molar-refractivity contribution < 1.29 is 18.0 Å². The number of carbonyl (C=O) groups excluding carboxylic acids is 2. The summed E-state index contributed by atoms with van der Waals surface area (Å²) in [6.07, 6.45) is 1.74. The molecule has 132 valence electrons. The lowest BCUT2D eigenvalue weighted by Gasteiger charge is -2.16. The molecule has 1 N–H and O–H groups in total. The summed E-state index contributed by atoms with van der Waals surface area (Å²) >= 11 is 1.11. The zero-order valence-electron chi connectivity index (χ0n) is 13.7. The lowest BCUT2D eigenvalue weighted by molar-refractivity contribution is 0.101. The molecule has 1 fully saturated rings. The molecule has 0 saturated carbocycles. The summed E-state index contributed by atoms with van der Waals surface area (Å²) in [6.45, 7) is 2.50. The van der Waals surface area contributed by atoms with Crippen LogP contribution in [0.15, 0.2) is 41.3 Å². The highest BCUT2D eigenvalue weighted by Gasteiger charge is 2.27. The van der Waals surface area contributed by atoms with Crippen LogP contribution in [0.2, 0.25) is 0 Å². The zero-order chi connectivity index (χ0) is 18.0. The quantitative estimate of drug-likeness (QED) is 0.811. The van der Waals surface area contributed by atoms with E-state index in [0.717, 1.165) is 24.2 Å². The summed E-state index contributed by atoms with van der Waals surface area (Å²) in [5, 5.41) is 2.69. The van der Waals surface area contributed by atoms with Crippen LogP contribution >= 0.6 is 11.3 Å². The number of thiophene rings is 1. The molecule has 6 nitrogen and oxygen atoms in total. The minimum Gasteiger partial charge on any atom is -0.321 e. The summed E-state index contributed by atoms with van der Waals surface area (Å²) in [6, 6.07) is 9.43. The molecule has 25 heavy (non-hydrogen) atoms. The van der Waals surface area contributed by atoms with Gasteiger partial charge in [0.1, 0.15) is 0 Å². The van der Waals surface area contributed by atoms with Crippen LogP contribution < -0.4 is 5.32 Å². The maximum Gasteiger partial charge on any atom is 0.265 e. The van der Waals surface area contributed by atoms with Crippen LogP contribution in [0.25, 0.3) is 0 Å². The molecule has 0 spiro atoms. The van der Waals surface area contributed by atoms with E-state index in [1.807, 2.05) is 0 Å². The Morgan fingerprint density at radius 2 is 1.76 bits per heavy atom. The third kappa shape index (κ3) is 3.81. The number of hydrogen-bond acceptors (Lipinski definition) is 5. The normalized spacial score (nSPS) is 15.2. The van der Waals surface area contributed by atoms with Gasteiger partial charge < -0.3 is 5.32 Å². The number of nitrogens with one attached hydrogen (secondary N) is 1. The Kier molecular flexibility index (Phi) is 5.03. The van der Waals surface area contributed by atoms with Crippen molar-refractivity contribution in [3.8, 4) is 0 Å². The third-order valence-corrected chi connectivity index (χ3v) is 7.05. The Bertz CT molecular complexity index is 912. The Labute approximate surface area is 150 Å². The van der Waals surface area contributed by atoms with Crippen LogP contribution in [0, 0.1) is 0 Å². The Morgan fingerprint density at radius 3 is 2.40 bits per heavy atom. The van der Waals surface area contributed by atoms with E-state index >= 15 is 0 Å². The van der Waals surface area contributed by atoms with Gasteiger partial charge in [-0.15, -0.1) is 11.3 Å². The minimum atomic E-state index is -3.53. The number of nitrogens with zero attached hydrogens (tertiary/aromatic N) is 1. The van der Waals surface area contributed by atoms with Crippen molar-refractivity contribution in [3.05, 3.63) is 46.2 Å². The second-order valence-electron chi connectivity index (χ2n) is 5.81. The largest absolute Gasteiger partial charge is 0.321 e. The van der Waals surface area contributed by atoms with Crippen molar-refractivity contribution in [2.45, 2.75) is 24.7 Å². The van der Waals surface area contributed by atoms with Gasteiger partial charge in [-0.05, 0) is 50.1 Å². The predicted octanol–water partition coefficient (Wildman–Crippen LogP) is 2.99. The molecular formula is C17H18N2O4S2. The molecular weight excluding hydrogens is 360 g/mol. The van der Waals surface area contributed by atoms with E-state index in [-0.39, 0.29) is 16.6 Å². The maximum atomic E-state index is 12.6. The highest BCUT2D eigenvalue weighted by atomic mass is 32.2. The number of hydrogen-bond donors (Lipinski definition) is 1. The lowest BCUT2D eigenvalue weighted by Crippen LogP contribution is -2.27. The van der Waals surface area contributed by atoms with Gasteiger partial charge >= 0.3 is 0 Å². The van der Waals surface area contributed by atoms with Gasteiger partial charge in [-0.3, -0.25) is 9.59 Å². The van der Waals surface area contributed by atoms with Gasteiger partial charge in [0, 0.05) is 18.8 Å². The maximum absolute atomic E-state index is 12.6. The van der Waals surface area contributed by atoms with Crippen molar-refractivity contribution in [3.63, 3.8) is 0 Å². The molecule has 1 saturated heterocycles. The number of Topliss-reactive ketones (excluding diaryl/α,β-unsaturated/α-hetero) is 1. The van der Waals surface area contributed by atoms with E-state index in [2.05, 4.69) is 5.32 Å². The first-order chi connectivity index (χ1) is 11.9. The number of benzene rings is 1. The number of ketones is 1. The fourth-order valence-electron chi connectivity index (χ4n) is 2.65. The van der Waals surface area contributed by atoms with Crippen molar-refractivity contribution in [2.24, 2.45) is 0 Å². The smallest absolute Gasteiger partial charge is 0.265 e. The van der Waals surface area contributed by atoms with E-state index < -0.39 is 10.0 Å². The zero-order valence-corrected chi connectivity index (χ0v) is 15.3. The molecule has 2 heterocycles. The first kappa shape index (κ1) is 17.8. The molecule has 1 amide bonds. The molecule has 0 radical (unpaired) electrons. The van der Waals surface area contributed by atoms with Crippen molar-refractivity contribution in [1.29, 1.82) is 0 Å². The van der Waals surface area contributed by atoms with Gasteiger partial charge in [0.15, 0.2) is 5.78 Å². The number of rotatable bonds is 5. The van der Waals surface area contributed by atoms with Gasteiger partial charge in [-0.1, -0.05) is 6.07 Å². The van der Waals surface area contributed by atoms with Crippen molar-refractivity contribution >= 4 is 38.7 Å². The standard InChI is InChI=1S/C17H18N2O4S2/c1-12(20)15-7-8-16(24-15)17(21)18-13-5-4-6-14(11-13)25(22,23)19-9-2-3-10-19/h4-8,11H,2-3,9-10H2,1H3,(H,18,21).